The molecule has 28 heavy (non-hydrogen) atoms. The van der Waals surface area contributed by atoms with E-state index in [0.29, 0.717) is 10.8 Å². The van der Waals surface area contributed by atoms with Gasteiger partial charge in [-0.1, -0.05) is 26.0 Å². The number of furan rings is 1. The number of carboxylic acids is 1. The average Bonchev–Trinajstić information content (AvgIpc) is 2.93. The van der Waals surface area contributed by atoms with Crippen molar-refractivity contribution in [3.8, 4) is 0 Å². The molecule has 8 heteroatoms. The maximum atomic E-state index is 13.7. The maximum Gasteiger partial charge on any atom is 0.407 e. The second-order valence-corrected chi connectivity index (χ2v) is 7.16. The number of aliphatic carboxylic acids is 1. The van der Waals surface area contributed by atoms with Crippen LogP contribution in [0.1, 0.15) is 31.9 Å². The number of halogens is 4. The van der Waals surface area contributed by atoms with Crippen molar-refractivity contribution in [3.63, 3.8) is 0 Å². The van der Waals surface area contributed by atoms with E-state index in [1.165, 1.54) is 30.3 Å². The van der Waals surface area contributed by atoms with Gasteiger partial charge in [0.15, 0.2) is 0 Å². The number of carboxylic acid groups (broad SMARTS) is 1. The van der Waals surface area contributed by atoms with E-state index in [0.717, 1.165) is 6.07 Å². The number of rotatable bonds is 6. The van der Waals surface area contributed by atoms with E-state index >= 15 is 0 Å². The van der Waals surface area contributed by atoms with E-state index in [-0.39, 0.29) is 29.1 Å². The van der Waals surface area contributed by atoms with Crippen LogP contribution in [0.15, 0.2) is 40.8 Å². The van der Waals surface area contributed by atoms with Gasteiger partial charge in [0, 0.05) is 16.8 Å². The quantitative estimate of drug-likeness (QED) is 0.546. The molecule has 4 nitrogen and oxygen atoms in total. The molecule has 0 aliphatic rings. The van der Waals surface area contributed by atoms with Crippen molar-refractivity contribution in [2.45, 2.75) is 38.5 Å². The minimum atomic E-state index is -4.71. The van der Waals surface area contributed by atoms with Crippen LogP contribution in [0, 0.1) is 11.7 Å². The van der Waals surface area contributed by atoms with Crippen LogP contribution >= 0.6 is 0 Å². The molecule has 150 valence electrons. The maximum absolute atomic E-state index is 13.7. The van der Waals surface area contributed by atoms with Gasteiger partial charge in [-0.3, -0.25) is 10.1 Å². The molecular formula is C20H19F4NO3. The minimum absolute atomic E-state index is 0.0497. The van der Waals surface area contributed by atoms with Gasteiger partial charge in [0.2, 0.25) is 0 Å². The van der Waals surface area contributed by atoms with Crippen LogP contribution < -0.4 is 5.32 Å². The Morgan fingerprint density at radius 1 is 1.11 bits per heavy atom. The standard InChI is InChI=1S/C20H19F4NO3/c1-10(2)7-15(19(26)27)25-18(20(22,23)24)11-3-5-13-14-6-4-12(21)9-17(14)28-16(13)8-11/h3-6,8-10,15,18,25H,7H2,1-2H3,(H,26,27)/t15-,18?/m0/s1. The third kappa shape index (κ3) is 4.11. The van der Waals surface area contributed by atoms with Crippen LogP contribution in [0.25, 0.3) is 21.9 Å². The monoisotopic (exact) mass is 397 g/mol. The van der Waals surface area contributed by atoms with Gasteiger partial charge in [0.05, 0.1) is 0 Å². The largest absolute Gasteiger partial charge is 0.480 e. The van der Waals surface area contributed by atoms with Crippen molar-refractivity contribution in [1.82, 2.24) is 5.32 Å². The normalized spacial score (nSPS) is 14.7. The number of alkyl halides is 3. The Balaban J connectivity index is 2.03. The van der Waals surface area contributed by atoms with Crippen LogP contribution in [0.2, 0.25) is 0 Å². The lowest BCUT2D eigenvalue weighted by Crippen LogP contribution is -2.45. The van der Waals surface area contributed by atoms with Crippen LogP contribution in [0.5, 0.6) is 0 Å². The number of carbonyl (C=O) groups is 1. The van der Waals surface area contributed by atoms with E-state index in [9.17, 15) is 27.5 Å². The Kier molecular flexibility index (Phi) is 5.34. The van der Waals surface area contributed by atoms with Crippen molar-refractivity contribution < 1.29 is 31.9 Å². The molecule has 3 aromatic rings. The highest BCUT2D eigenvalue weighted by Gasteiger charge is 2.43. The molecule has 0 spiro atoms. The summed E-state index contributed by atoms with van der Waals surface area (Å²) in [6.45, 7) is 3.47. The summed E-state index contributed by atoms with van der Waals surface area (Å²) in [7, 11) is 0. The van der Waals surface area contributed by atoms with Crippen LogP contribution in [0.3, 0.4) is 0 Å². The molecule has 0 radical (unpaired) electrons. The molecule has 0 fully saturated rings. The number of hydrogen-bond donors (Lipinski definition) is 2. The van der Waals surface area contributed by atoms with Crippen molar-refractivity contribution in [1.29, 1.82) is 0 Å². The highest BCUT2D eigenvalue weighted by atomic mass is 19.4. The fraction of sp³-hybridized carbons (Fsp3) is 0.350. The SMILES string of the molecule is CC(C)C[C@H](NC(c1ccc2c(c1)oc1cc(F)ccc12)C(F)(F)F)C(=O)O. The lowest BCUT2D eigenvalue weighted by Gasteiger charge is -2.26. The molecular weight excluding hydrogens is 378 g/mol. The zero-order chi connectivity index (χ0) is 20.6. The Bertz CT molecular complexity index is 1010. The molecule has 2 N–H and O–H groups in total. The van der Waals surface area contributed by atoms with Gasteiger partial charge < -0.3 is 9.52 Å². The first-order chi connectivity index (χ1) is 13.1. The summed E-state index contributed by atoms with van der Waals surface area (Å²) in [4.78, 5) is 11.4. The summed E-state index contributed by atoms with van der Waals surface area (Å²) in [6, 6.07) is 4.33. The van der Waals surface area contributed by atoms with Crippen molar-refractivity contribution in [2.75, 3.05) is 0 Å². The summed E-state index contributed by atoms with van der Waals surface area (Å²) in [5.41, 5.74) is 0.228. The predicted octanol–water partition coefficient (Wildman–Crippen LogP) is 5.42. The summed E-state index contributed by atoms with van der Waals surface area (Å²) in [5.74, 6) is -1.96. The molecule has 1 aromatic heterocycles. The zero-order valence-electron chi connectivity index (χ0n) is 15.2. The molecule has 2 aromatic carbocycles. The van der Waals surface area contributed by atoms with Crippen molar-refractivity contribution >= 4 is 27.9 Å². The van der Waals surface area contributed by atoms with Crippen molar-refractivity contribution in [3.05, 3.63) is 47.8 Å². The summed E-state index contributed by atoms with van der Waals surface area (Å²) < 4.78 is 59.9. The predicted molar refractivity (Wildman–Crippen MR) is 96.5 cm³/mol. The Morgan fingerprint density at radius 2 is 1.71 bits per heavy atom. The van der Waals surface area contributed by atoms with E-state index in [1.807, 2.05) is 0 Å². The molecule has 0 bridgehead atoms. The molecule has 0 saturated carbocycles. The summed E-state index contributed by atoms with van der Waals surface area (Å²) >= 11 is 0. The highest BCUT2D eigenvalue weighted by molar-refractivity contribution is 6.04. The molecule has 0 aliphatic heterocycles. The number of benzene rings is 2. The number of fused-ring (bicyclic) bond motifs is 3. The van der Waals surface area contributed by atoms with Gasteiger partial charge in [-0.25, -0.2) is 4.39 Å². The highest BCUT2D eigenvalue weighted by Crippen LogP contribution is 2.37. The van der Waals surface area contributed by atoms with Gasteiger partial charge in [0.25, 0.3) is 0 Å². The topological polar surface area (TPSA) is 62.5 Å². The second-order valence-electron chi connectivity index (χ2n) is 7.16. The van der Waals surface area contributed by atoms with Crippen molar-refractivity contribution in [2.24, 2.45) is 5.92 Å². The average molecular weight is 397 g/mol. The first kappa shape index (κ1) is 20.1. The van der Waals surface area contributed by atoms with Gasteiger partial charge in [-0.15, -0.1) is 0 Å². The lowest BCUT2D eigenvalue weighted by atomic mass is 9.99. The van der Waals surface area contributed by atoms with E-state index in [4.69, 9.17) is 4.42 Å². The molecule has 0 saturated heterocycles. The van der Waals surface area contributed by atoms with E-state index < -0.39 is 30.0 Å². The minimum Gasteiger partial charge on any atom is -0.480 e. The second kappa shape index (κ2) is 7.43. The Morgan fingerprint density at radius 3 is 2.29 bits per heavy atom. The van der Waals surface area contributed by atoms with E-state index in [1.54, 1.807) is 13.8 Å². The van der Waals surface area contributed by atoms with Crippen LogP contribution in [-0.2, 0) is 4.79 Å². The van der Waals surface area contributed by atoms with Gasteiger partial charge in [-0.05, 0) is 36.1 Å². The molecule has 1 unspecified atom stereocenters. The molecule has 0 amide bonds. The molecule has 2 atom stereocenters. The fourth-order valence-corrected chi connectivity index (χ4v) is 3.24. The van der Waals surface area contributed by atoms with E-state index in [2.05, 4.69) is 5.32 Å². The molecule has 0 aliphatic carbocycles. The zero-order valence-corrected chi connectivity index (χ0v) is 15.2. The third-order valence-corrected chi connectivity index (χ3v) is 4.49. The smallest absolute Gasteiger partial charge is 0.407 e. The fourth-order valence-electron chi connectivity index (χ4n) is 3.24. The van der Waals surface area contributed by atoms with Crippen LogP contribution in [0.4, 0.5) is 17.6 Å². The first-order valence-corrected chi connectivity index (χ1v) is 8.73. The van der Waals surface area contributed by atoms with Gasteiger partial charge in [-0.2, -0.15) is 13.2 Å². The Hall–Kier alpha value is -2.61. The van der Waals surface area contributed by atoms with Crippen LogP contribution in [-0.4, -0.2) is 23.3 Å². The third-order valence-electron chi connectivity index (χ3n) is 4.49. The summed E-state index contributed by atoms with van der Waals surface area (Å²) in [5, 5.41) is 12.7. The molecule has 1 heterocycles. The number of nitrogens with one attached hydrogen (secondary N) is 1. The Labute approximate surface area is 158 Å². The number of hydrogen-bond acceptors (Lipinski definition) is 3. The van der Waals surface area contributed by atoms with Gasteiger partial charge >= 0.3 is 12.1 Å². The summed E-state index contributed by atoms with van der Waals surface area (Å²) in [6.07, 6.45) is -4.66. The molecule has 3 rings (SSSR count). The lowest BCUT2D eigenvalue weighted by molar-refractivity contribution is -0.163. The first-order valence-electron chi connectivity index (χ1n) is 8.73. The van der Waals surface area contributed by atoms with Gasteiger partial charge in [0.1, 0.15) is 29.1 Å².